The van der Waals surface area contributed by atoms with E-state index in [9.17, 15) is 0 Å². The van der Waals surface area contributed by atoms with Gasteiger partial charge in [0.2, 0.25) is 0 Å². The van der Waals surface area contributed by atoms with E-state index in [1.807, 2.05) is 12.1 Å². The molecule has 2 nitrogen and oxygen atoms in total. The van der Waals surface area contributed by atoms with E-state index in [0.717, 1.165) is 30.5 Å². The first-order chi connectivity index (χ1) is 7.72. The van der Waals surface area contributed by atoms with Crippen molar-refractivity contribution >= 4 is 17.3 Å². The van der Waals surface area contributed by atoms with Crippen LogP contribution < -0.4 is 10.6 Å². The molecule has 1 fully saturated rings. The van der Waals surface area contributed by atoms with Gasteiger partial charge in [0.1, 0.15) is 0 Å². The first-order valence-corrected chi connectivity index (χ1v) is 6.32. The highest BCUT2D eigenvalue weighted by molar-refractivity contribution is 6.31. The summed E-state index contributed by atoms with van der Waals surface area (Å²) in [6.07, 6.45) is 2.13. The van der Waals surface area contributed by atoms with Crippen LogP contribution in [0, 0.1) is 5.92 Å². The number of nitrogens with two attached hydrogens (primary N) is 1. The Kier molecular flexibility index (Phi) is 3.72. The zero-order valence-corrected chi connectivity index (χ0v) is 10.5. The molecule has 16 heavy (non-hydrogen) atoms. The molecule has 0 aliphatic carbocycles. The summed E-state index contributed by atoms with van der Waals surface area (Å²) >= 11 is 6.24. The van der Waals surface area contributed by atoms with Gasteiger partial charge in [-0.15, -0.1) is 0 Å². The van der Waals surface area contributed by atoms with E-state index in [4.69, 9.17) is 17.3 Å². The Morgan fingerprint density at radius 3 is 2.94 bits per heavy atom. The highest BCUT2D eigenvalue weighted by Gasteiger charge is 2.21. The molecule has 0 amide bonds. The molecule has 1 unspecified atom stereocenters. The topological polar surface area (TPSA) is 29.3 Å². The molecule has 1 heterocycles. The summed E-state index contributed by atoms with van der Waals surface area (Å²) in [4.78, 5) is 2.43. The SMILES string of the molecule is CC1CCN(c2cccc(Cl)c2CCN)C1. The van der Waals surface area contributed by atoms with Crippen LogP contribution in [0.5, 0.6) is 0 Å². The second-order valence-corrected chi connectivity index (χ2v) is 5.02. The van der Waals surface area contributed by atoms with Crippen LogP contribution >= 0.6 is 11.6 Å². The Bertz CT molecular complexity index is 365. The first-order valence-electron chi connectivity index (χ1n) is 5.94. The summed E-state index contributed by atoms with van der Waals surface area (Å²) < 4.78 is 0. The summed E-state index contributed by atoms with van der Waals surface area (Å²) in [5.74, 6) is 0.782. The molecule has 1 aromatic rings. The lowest BCUT2D eigenvalue weighted by Gasteiger charge is -2.22. The fourth-order valence-corrected chi connectivity index (χ4v) is 2.65. The van der Waals surface area contributed by atoms with Gasteiger partial charge in [-0.2, -0.15) is 0 Å². The third-order valence-corrected chi connectivity index (χ3v) is 3.61. The standard InChI is InChI=1S/C13H19ClN2/c1-10-6-8-16(9-10)13-4-2-3-12(14)11(13)5-7-15/h2-4,10H,5-9,15H2,1H3. The summed E-state index contributed by atoms with van der Waals surface area (Å²) in [6.45, 7) is 5.23. The van der Waals surface area contributed by atoms with E-state index in [2.05, 4.69) is 17.9 Å². The van der Waals surface area contributed by atoms with Crippen molar-refractivity contribution in [2.45, 2.75) is 19.8 Å². The fourth-order valence-electron chi connectivity index (χ4n) is 2.39. The van der Waals surface area contributed by atoms with Gasteiger partial charge in [-0.3, -0.25) is 0 Å². The molecule has 3 heteroatoms. The molecule has 1 aliphatic heterocycles. The Morgan fingerprint density at radius 2 is 2.31 bits per heavy atom. The van der Waals surface area contributed by atoms with Crippen molar-refractivity contribution in [3.63, 3.8) is 0 Å². The molecule has 1 aromatic carbocycles. The summed E-state index contributed by atoms with van der Waals surface area (Å²) in [6, 6.07) is 6.14. The van der Waals surface area contributed by atoms with Crippen LogP contribution in [0.25, 0.3) is 0 Å². The van der Waals surface area contributed by atoms with Gasteiger partial charge >= 0.3 is 0 Å². The van der Waals surface area contributed by atoms with Crippen molar-refractivity contribution < 1.29 is 0 Å². The smallest absolute Gasteiger partial charge is 0.0459 e. The quantitative estimate of drug-likeness (QED) is 0.878. The molecule has 1 atom stereocenters. The molecule has 0 bridgehead atoms. The lowest BCUT2D eigenvalue weighted by molar-refractivity contribution is 0.659. The normalized spacial score (nSPS) is 20.4. The van der Waals surface area contributed by atoms with Crippen LogP contribution in [0.15, 0.2) is 18.2 Å². The van der Waals surface area contributed by atoms with Crippen molar-refractivity contribution in [1.82, 2.24) is 0 Å². The zero-order valence-electron chi connectivity index (χ0n) is 9.75. The molecule has 1 aliphatic rings. The lowest BCUT2D eigenvalue weighted by atomic mass is 10.1. The van der Waals surface area contributed by atoms with Gasteiger partial charge in [0.15, 0.2) is 0 Å². The molecule has 0 saturated carbocycles. The van der Waals surface area contributed by atoms with Gasteiger partial charge in [-0.1, -0.05) is 24.6 Å². The molecule has 2 N–H and O–H groups in total. The molecule has 2 rings (SSSR count). The average Bonchev–Trinajstić information content (AvgIpc) is 2.68. The van der Waals surface area contributed by atoms with Crippen LogP contribution in [0.4, 0.5) is 5.69 Å². The predicted molar refractivity (Wildman–Crippen MR) is 70.2 cm³/mol. The van der Waals surface area contributed by atoms with E-state index in [1.54, 1.807) is 0 Å². The molecule has 88 valence electrons. The van der Waals surface area contributed by atoms with E-state index in [0.29, 0.717) is 6.54 Å². The maximum atomic E-state index is 6.24. The Morgan fingerprint density at radius 1 is 1.50 bits per heavy atom. The average molecular weight is 239 g/mol. The van der Waals surface area contributed by atoms with Gasteiger partial charge in [0.05, 0.1) is 0 Å². The Labute approximate surface area is 102 Å². The number of nitrogens with zero attached hydrogens (tertiary/aromatic N) is 1. The third kappa shape index (κ3) is 2.33. The van der Waals surface area contributed by atoms with Crippen molar-refractivity contribution in [2.24, 2.45) is 11.7 Å². The van der Waals surface area contributed by atoms with E-state index >= 15 is 0 Å². The third-order valence-electron chi connectivity index (χ3n) is 3.25. The van der Waals surface area contributed by atoms with Gasteiger partial charge in [-0.05, 0) is 43.0 Å². The molecule has 0 aromatic heterocycles. The number of hydrogen-bond acceptors (Lipinski definition) is 2. The second-order valence-electron chi connectivity index (χ2n) is 4.62. The number of hydrogen-bond donors (Lipinski definition) is 1. The van der Waals surface area contributed by atoms with E-state index in [-0.39, 0.29) is 0 Å². The highest BCUT2D eigenvalue weighted by atomic mass is 35.5. The first kappa shape index (κ1) is 11.7. The molecule has 0 radical (unpaired) electrons. The Hall–Kier alpha value is -0.730. The monoisotopic (exact) mass is 238 g/mol. The molecule has 0 spiro atoms. The largest absolute Gasteiger partial charge is 0.371 e. The van der Waals surface area contributed by atoms with Crippen LogP contribution in [-0.2, 0) is 6.42 Å². The van der Waals surface area contributed by atoms with Crippen molar-refractivity contribution in [2.75, 3.05) is 24.5 Å². The van der Waals surface area contributed by atoms with Crippen molar-refractivity contribution in [3.05, 3.63) is 28.8 Å². The second kappa shape index (κ2) is 5.07. The highest BCUT2D eigenvalue weighted by Crippen LogP contribution is 2.31. The number of anilines is 1. The van der Waals surface area contributed by atoms with Crippen LogP contribution in [0.1, 0.15) is 18.9 Å². The van der Waals surface area contributed by atoms with Crippen LogP contribution in [0.2, 0.25) is 5.02 Å². The molecular formula is C13H19ClN2. The van der Waals surface area contributed by atoms with Gasteiger partial charge in [0, 0.05) is 23.8 Å². The number of benzene rings is 1. The van der Waals surface area contributed by atoms with Crippen molar-refractivity contribution in [1.29, 1.82) is 0 Å². The summed E-state index contributed by atoms with van der Waals surface area (Å²) in [5.41, 5.74) is 8.14. The fraction of sp³-hybridized carbons (Fsp3) is 0.538. The summed E-state index contributed by atoms with van der Waals surface area (Å²) in [5, 5.41) is 0.850. The van der Waals surface area contributed by atoms with Gasteiger partial charge < -0.3 is 10.6 Å². The minimum atomic E-state index is 0.653. The lowest BCUT2D eigenvalue weighted by Crippen LogP contribution is -2.21. The zero-order chi connectivity index (χ0) is 11.5. The van der Waals surface area contributed by atoms with Crippen molar-refractivity contribution in [3.8, 4) is 0 Å². The molecular weight excluding hydrogens is 220 g/mol. The number of halogens is 1. The minimum absolute atomic E-state index is 0.653. The maximum Gasteiger partial charge on any atom is 0.0459 e. The minimum Gasteiger partial charge on any atom is -0.371 e. The van der Waals surface area contributed by atoms with Gasteiger partial charge in [0.25, 0.3) is 0 Å². The predicted octanol–water partition coefficient (Wildman–Crippen LogP) is 2.69. The summed E-state index contributed by atoms with van der Waals surface area (Å²) in [7, 11) is 0. The van der Waals surface area contributed by atoms with Gasteiger partial charge in [-0.25, -0.2) is 0 Å². The Balaban J connectivity index is 2.28. The maximum absolute atomic E-state index is 6.24. The van der Waals surface area contributed by atoms with Crippen LogP contribution in [0.3, 0.4) is 0 Å². The van der Waals surface area contributed by atoms with E-state index in [1.165, 1.54) is 17.7 Å². The van der Waals surface area contributed by atoms with E-state index < -0.39 is 0 Å². The number of rotatable bonds is 3. The van der Waals surface area contributed by atoms with Crippen LogP contribution in [-0.4, -0.2) is 19.6 Å². The molecule has 1 saturated heterocycles.